The zero-order valence-electron chi connectivity index (χ0n) is 21.2. The summed E-state index contributed by atoms with van der Waals surface area (Å²) < 4.78 is 6.19. The van der Waals surface area contributed by atoms with Gasteiger partial charge < -0.3 is 4.74 Å². The molecule has 2 aromatic heterocycles. The van der Waals surface area contributed by atoms with Crippen LogP contribution in [0, 0.1) is 13.8 Å². The molecule has 0 saturated heterocycles. The number of anilines is 1. The molecule has 0 aliphatic carbocycles. The Balaban J connectivity index is 1.75. The molecule has 2 aromatic carbocycles. The Morgan fingerprint density at radius 2 is 1.67 bits per heavy atom. The average Bonchev–Trinajstić information content (AvgIpc) is 2.83. The molecular formula is C27H29N5O3S. The number of carbonyl (C=O) groups excluding carboxylic acids is 1. The number of nitrogens with zero attached hydrogens (tertiary/aromatic N) is 4. The zero-order valence-corrected chi connectivity index (χ0v) is 22.1. The zero-order chi connectivity index (χ0) is 26.0. The Morgan fingerprint density at radius 1 is 1.00 bits per heavy atom. The van der Waals surface area contributed by atoms with Crippen LogP contribution in [-0.2, 0) is 15.9 Å². The number of benzene rings is 2. The van der Waals surface area contributed by atoms with Gasteiger partial charge in [0, 0.05) is 17.1 Å². The number of aromatic nitrogens is 4. The largest absolute Gasteiger partial charge is 0.465 e. The molecular weight excluding hydrogens is 474 g/mol. The van der Waals surface area contributed by atoms with Gasteiger partial charge in [-0.25, -0.2) is 19.7 Å². The summed E-state index contributed by atoms with van der Waals surface area (Å²) in [6, 6.07) is 15.0. The van der Waals surface area contributed by atoms with Crippen LogP contribution in [0.15, 0.2) is 58.5 Å². The number of aryl methyl sites for hydroxylation is 2. The lowest BCUT2D eigenvalue weighted by atomic mass is 9.87. The third-order valence-corrected chi connectivity index (χ3v) is 6.65. The van der Waals surface area contributed by atoms with Gasteiger partial charge in [0.25, 0.3) is 5.56 Å². The topological polar surface area (TPSA) is 99.0 Å². The van der Waals surface area contributed by atoms with Crippen LogP contribution in [0.25, 0.3) is 10.9 Å². The maximum atomic E-state index is 13.5. The highest BCUT2D eigenvalue weighted by Crippen LogP contribution is 2.26. The summed E-state index contributed by atoms with van der Waals surface area (Å²) in [6.07, 6.45) is 0. The van der Waals surface area contributed by atoms with Crippen molar-refractivity contribution in [2.24, 2.45) is 0 Å². The molecule has 0 saturated carbocycles. The predicted octanol–water partition coefficient (Wildman–Crippen LogP) is 5.05. The van der Waals surface area contributed by atoms with Gasteiger partial charge in [-0.05, 0) is 54.7 Å². The fourth-order valence-corrected chi connectivity index (χ4v) is 4.64. The highest BCUT2D eigenvalue weighted by molar-refractivity contribution is 7.98. The molecule has 186 valence electrons. The lowest BCUT2D eigenvalue weighted by Gasteiger charge is -2.19. The van der Waals surface area contributed by atoms with Gasteiger partial charge in [0.2, 0.25) is 5.95 Å². The lowest BCUT2D eigenvalue weighted by molar-refractivity contribution is 0.0601. The second-order valence-electron chi connectivity index (χ2n) is 9.58. The fourth-order valence-electron chi connectivity index (χ4n) is 3.73. The van der Waals surface area contributed by atoms with E-state index in [4.69, 9.17) is 9.72 Å². The predicted molar refractivity (Wildman–Crippen MR) is 143 cm³/mol. The summed E-state index contributed by atoms with van der Waals surface area (Å²) in [5.41, 5.74) is 7.44. The van der Waals surface area contributed by atoms with Crippen LogP contribution < -0.4 is 11.0 Å². The van der Waals surface area contributed by atoms with E-state index in [0.717, 1.165) is 17.0 Å². The maximum absolute atomic E-state index is 13.5. The Morgan fingerprint density at radius 3 is 2.28 bits per heavy atom. The molecule has 0 aliphatic rings. The maximum Gasteiger partial charge on any atom is 0.337 e. The van der Waals surface area contributed by atoms with Gasteiger partial charge in [0.1, 0.15) is 0 Å². The van der Waals surface area contributed by atoms with E-state index in [-0.39, 0.29) is 11.0 Å². The van der Waals surface area contributed by atoms with Gasteiger partial charge in [-0.3, -0.25) is 10.2 Å². The summed E-state index contributed by atoms with van der Waals surface area (Å²) in [4.78, 5) is 39.1. The first-order valence-corrected chi connectivity index (χ1v) is 12.5. The first kappa shape index (κ1) is 25.4. The number of nitrogens with one attached hydrogen (secondary N) is 1. The Kier molecular flexibility index (Phi) is 7.12. The number of carbonyl (C=O) groups is 1. The van der Waals surface area contributed by atoms with Crippen molar-refractivity contribution >= 4 is 34.6 Å². The number of thioether (sulfide) groups is 1. The van der Waals surface area contributed by atoms with Crippen molar-refractivity contribution in [1.29, 1.82) is 0 Å². The van der Waals surface area contributed by atoms with Crippen LogP contribution in [0.5, 0.6) is 0 Å². The summed E-state index contributed by atoms with van der Waals surface area (Å²) in [7, 11) is 1.32. The van der Waals surface area contributed by atoms with Crippen LogP contribution in [-0.4, -0.2) is 32.7 Å². The van der Waals surface area contributed by atoms with E-state index >= 15 is 0 Å². The van der Waals surface area contributed by atoms with Gasteiger partial charge in [0.15, 0.2) is 5.16 Å². The van der Waals surface area contributed by atoms with E-state index in [1.54, 1.807) is 18.2 Å². The number of hydrogen-bond acceptors (Lipinski definition) is 8. The smallest absolute Gasteiger partial charge is 0.337 e. The second-order valence-corrected chi connectivity index (χ2v) is 10.5. The fraction of sp³-hybridized carbons (Fsp3) is 0.296. The molecule has 0 aliphatic heterocycles. The van der Waals surface area contributed by atoms with Crippen molar-refractivity contribution in [1.82, 2.24) is 19.6 Å². The molecule has 2 heterocycles. The second kappa shape index (κ2) is 10.1. The van der Waals surface area contributed by atoms with Crippen molar-refractivity contribution in [3.8, 4) is 0 Å². The minimum atomic E-state index is -0.488. The molecule has 0 atom stereocenters. The number of rotatable bonds is 6. The van der Waals surface area contributed by atoms with Gasteiger partial charge in [-0.1, -0.05) is 56.8 Å². The highest BCUT2D eigenvalue weighted by atomic mass is 32.2. The SMILES string of the molecule is COC(=O)c1ccc2c(=O)n(Nc3nc(C)cc(C)n3)c(SCc3ccc(C(C)(C)C)cc3)nc2c1. The van der Waals surface area contributed by atoms with Crippen LogP contribution in [0.4, 0.5) is 5.95 Å². The quantitative estimate of drug-likeness (QED) is 0.222. The monoisotopic (exact) mass is 503 g/mol. The van der Waals surface area contributed by atoms with E-state index in [1.807, 2.05) is 19.9 Å². The molecule has 9 heteroatoms. The van der Waals surface area contributed by atoms with Crippen molar-refractivity contribution in [3.63, 3.8) is 0 Å². The van der Waals surface area contributed by atoms with Crippen molar-refractivity contribution < 1.29 is 9.53 Å². The third kappa shape index (κ3) is 5.57. The molecule has 0 spiro atoms. The van der Waals surface area contributed by atoms with Crippen molar-refractivity contribution in [3.05, 3.63) is 87.0 Å². The molecule has 0 amide bonds. The van der Waals surface area contributed by atoms with E-state index in [0.29, 0.717) is 33.3 Å². The molecule has 0 unspecified atom stereocenters. The van der Waals surface area contributed by atoms with Gasteiger partial charge in [-0.15, -0.1) is 0 Å². The van der Waals surface area contributed by atoms with Gasteiger partial charge in [-0.2, -0.15) is 4.68 Å². The first-order valence-electron chi connectivity index (χ1n) is 11.5. The third-order valence-electron chi connectivity index (χ3n) is 5.64. The van der Waals surface area contributed by atoms with Crippen molar-refractivity contribution in [2.75, 3.05) is 12.5 Å². The minimum Gasteiger partial charge on any atom is -0.465 e. The molecule has 4 aromatic rings. The number of hydrogen-bond donors (Lipinski definition) is 1. The standard InChI is InChI=1S/C27H29N5O3S/c1-16-13-17(2)29-25(28-16)31-32-23(33)21-12-9-19(24(34)35-6)14-22(21)30-26(32)36-15-18-7-10-20(11-8-18)27(3,4)5/h7-14H,15H2,1-6H3,(H,28,29,31). The molecule has 36 heavy (non-hydrogen) atoms. The molecule has 4 rings (SSSR count). The molecule has 0 fully saturated rings. The summed E-state index contributed by atoms with van der Waals surface area (Å²) in [6.45, 7) is 10.3. The van der Waals surface area contributed by atoms with Crippen LogP contribution >= 0.6 is 11.8 Å². The van der Waals surface area contributed by atoms with E-state index < -0.39 is 5.97 Å². The van der Waals surface area contributed by atoms with Gasteiger partial charge >= 0.3 is 5.97 Å². The highest BCUT2D eigenvalue weighted by Gasteiger charge is 2.17. The lowest BCUT2D eigenvalue weighted by Crippen LogP contribution is -2.30. The molecule has 0 radical (unpaired) electrons. The minimum absolute atomic E-state index is 0.0687. The first-order chi connectivity index (χ1) is 17.0. The number of methoxy groups -OCH3 is 1. The molecule has 0 bridgehead atoms. The Hall–Kier alpha value is -3.72. The van der Waals surface area contributed by atoms with Crippen LogP contribution in [0.3, 0.4) is 0 Å². The number of fused-ring (bicyclic) bond motifs is 1. The number of ether oxygens (including phenoxy) is 1. The van der Waals surface area contributed by atoms with Crippen LogP contribution in [0.1, 0.15) is 53.6 Å². The van der Waals surface area contributed by atoms with Crippen LogP contribution in [0.2, 0.25) is 0 Å². The summed E-state index contributed by atoms with van der Waals surface area (Å²) in [5, 5.41) is 0.788. The molecule has 8 nitrogen and oxygen atoms in total. The van der Waals surface area contributed by atoms with Crippen molar-refractivity contribution in [2.45, 2.75) is 50.9 Å². The normalized spacial score (nSPS) is 11.5. The summed E-state index contributed by atoms with van der Waals surface area (Å²) >= 11 is 1.41. The van der Waals surface area contributed by atoms with E-state index in [9.17, 15) is 9.59 Å². The van der Waals surface area contributed by atoms with E-state index in [1.165, 1.54) is 29.1 Å². The molecule has 1 N–H and O–H groups in total. The van der Waals surface area contributed by atoms with Gasteiger partial charge in [0.05, 0.1) is 23.6 Å². The van der Waals surface area contributed by atoms with E-state index in [2.05, 4.69) is 60.4 Å². The number of esters is 1. The Labute approximate surface area is 214 Å². The average molecular weight is 504 g/mol. The summed E-state index contributed by atoms with van der Waals surface area (Å²) in [5.74, 6) is 0.408. The Bertz CT molecular complexity index is 1470.